The lowest BCUT2D eigenvalue weighted by Gasteiger charge is -2.38. The molecular weight excluding hydrogens is 505 g/mol. The van der Waals surface area contributed by atoms with Gasteiger partial charge in [0.1, 0.15) is 11.9 Å². The van der Waals surface area contributed by atoms with Crippen LogP contribution < -0.4 is 5.56 Å². The zero-order valence-electron chi connectivity index (χ0n) is 22.7. The molecule has 1 aliphatic rings. The summed E-state index contributed by atoms with van der Waals surface area (Å²) in [6, 6.07) is 22.5. The van der Waals surface area contributed by atoms with Crippen molar-refractivity contribution >= 4 is 10.9 Å². The van der Waals surface area contributed by atoms with Gasteiger partial charge in [0.15, 0.2) is 5.82 Å². The fraction of sp³-hybridized carbons (Fsp3) is 0.290. The van der Waals surface area contributed by atoms with Crippen molar-refractivity contribution in [3.8, 4) is 0 Å². The number of tetrazole rings is 1. The van der Waals surface area contributed by atoms with Gasteiger partial charge in [-0.3, -0.25) is 14.6 Å². The van der Waals surface area contributed by atoms with Crippen LogP contribution in [-0.2, 0) is 13.1 Å². The summed E-state index contributed by atoms with van der Waals surface area (Å²) in [5.74, 6) is 0.301. The molecule has 0 aliphatic carbocycles. The van der Waals surface area contributed by atoms with Crippen molar-refractivity contribution < 1.29 is 4.39 Å². The zero-order chi connectivity index (χ0) is 27.6. The first-order valence-electron chi connectivity index (χ1n) is 13.6. The molecule has 1 aliphatic heterocycles. The minimum Gasteiger partial charge on any atom is -0.322 e. The van der Waals surface area contributed by atoms with E-state index in [0.717, 1.165) is 60.3 Å². The third-order valence-corrected chi connectivity index (χ3v) is 7.85. The van der Waals surface area contributed by atoms with E-state index in [1.807, 2.05) is 25.1 Å². The van der Waals surface area contributed by atoms with Gasteiger partial charge in [0.05, 0.1) is 6.54 Å². The number of hydrogen-bond donors (Lipinski definition) is 1. The van der Waals surface area contributed by atoms with Crippen molar-refractivity contribution in [2.45, 2.75) is 33.0 Å². The Morgan fingerprint density at radius 1 is 0.875 bits per heavy atom. The molecule has 1 unspecified atom stereocenters. The zero-order valence-corrected chi connectivity index (χ0v) is 22.7. The number of aryl methyl sites for hydroxylation is 2. The number of benzene rings is 3. The first-order chi connectivity index (χ1) is 19.4. The first-order valence-corrected chi connectivity index (χ1v) is 13.6. The lowest BCUT2D eigenvalue weighted by molar-refractivity contribution is 0.0998. The molecule has 5 aromatic rings. The number of hydrogen-bond acceptors (Lipinski definition) is 6. The lowest BCUT2D eigenvalue weighted by atomic mass is 10.00. The second-order valence-corrected chi connectivity index (χ2v) is 10.6. The number of fused-ring (bicyclic) bond motifs is 1. The van der Waals surface area contributed by atoms with E-state index in [0.29, 0.717) is 17.9 Å². The second-order valence-electron chi connectivity index (χ2n) is 10.6. The quantitative estimate of drug-likeness (QED) is 0.335. The predicted molar refractivity (Wildman–Crippen MR) is 152 cm³/mol. The summed E-state index contributed by atoms with van der Waals surface area (Å²) in [5.41, 5.74) is 5.73. The smallest absolute Gasteiger partial charge is 0.253 e. The maximum Gasteiger partial charge on any atom is 0.253 e. The molecule has 3 aromatic carbocycles. The molecule has 0 bridgehead atoms. The minimum atomic E-state index is -0.441. The molecule has 9 heteroatoms. The Hall–Kier alpha value is -4.21. The molecule has 1 atom stereocenters. The Kier molecular flexibility index (Phi) is 7.23. The number of H-pyrrole nitrogens is 1. The van der Waals surface area contributed by atoms with Crippen LogP contribution in [0.5, 0.6) is 0 Å². The maximum absolute atomic E-state index is 13.6. The average molecular weight is 538 g/mol. The highest BCUT2D eigenvalue weighted by Gasteiger charge is 2.32. The molecule has 204 valence electrons. The molecule has 1 N–H and O–H groups in total. The summed E-state index contributed by atoms with van der Waals surface area (Å²) in [6.45, 7) is 8.60. The number of nitrogens with zero attached hydrogens (tertiary/aromatic N) is 6. The fourth-order valence-corrected chi connectivity index (χ4v) is 5.50. The van der Waals surface area contributed by atoms with Crippen LogP contribution in [-0.4, -0.2) is 61.2 Å². The highest BCUT2D eigenvalue weighted by molar-refractivity contribution is 5.81. The van der Waals surface area contributed by atoms with Crippen molar-refractivity contribution in [3.63, 3.8) is 0 Å². The van der Waals surface area contributed by atoms with Gasteiger partial charge in [-0.05, 0) is 82.2 Å². The maximum atomic E-state index is 13.6. The largest absolute Gasteiger partial charge is 0.322 e. The molecule has 2 aromatic heterocycles. The predicted octanol–water partition coefficient (Wildman–Crippen LogP) is 4.23. The highest BCUT2D eigenvalue weighted by Crippen LogP contribution is 2.29. The Bertz CT molecular complexity index is 1670. The van der Waals surface area contributed by atoms with E-state index in [1.54, 1.807) is 16.8 Å². The van der Waals surface area contributed by atoms with Crippen LogP contribution in [0.15, 0.2) is 77.6 Å². The minimum absolute atomic E-state index is 0.149. The van der Waals surface area contributed by atoms with Gasteiger partial charge in [0, 0.05) is 43.8 Å². The number of rotatable bonds is 7. The summed E-state index contributed by atoms with van der Waals surface area (Å²) >= 11 is 0. The molecule has 0 spiro atoms. The molecule has 0 amide bonds. The van der Waals surface area contributed by atoms with E-state index >= 15 is 0 Å². The number of nitrogens with one attached hydrogen (secondary N) is 1. The van der Waals surface area contributed by atoms with Crippen LogP contribution in [0.1, 0.15) is 39.7 Å². The normalized spacial score (nSPS) is 15.5. The molecule has 8 nitrogen and oxygen atoms in total. The van der Waals surface area contributed by atoms with Crippen LogP contribution in [0, 0.1) is 19.7 Å². The number of halogens is 1. The van der Waals surface area contributed by atoms with Gasteiger partial charge in [-0.1, -0.05) is 42.5 Å². The fourth-order valence-electron chi connectivity index (χ4n) is 5.50. The topological polar surface area (TPSA) is 82.9 Å². The van der Waals surface area contributed by atoms with Crippen molar-refractivity contribution in [2.24, 2.45) is 0 Å². The number of piperazine rings is 1. The van der Waals surface area contributed by atoms with Crippen molar-refractivity contribution in [1.82, 2.24) is 35.0 Å². The van der Waals surface area contributed by atoms with Crippen LogP contribution in [0.2, 0.25) is 0 Å². The van der Waals surface area contributed by atoms with Crippen LogP contribution in [0.25, 0.3) is 10.9 Å². The van der Waals surface area contributed by atoms with Gasteiger partial charge in [-0.15, -0.1) is 5.10 Å². The van der Waals surface area contributed by atoms with E-state index < -0.39 is 6.04 Å². The SMILES string of the molecule is Cc1cc2cc(C(c3nnnn3Cc3ccc(F)cc3)N3CCN(Cc4ccccc4)CC3)c(=O)[nH]c2cc1C. The summed E-state index contributed by atoms with van der Waals surface area (Å²) in [6.07, 6.45) is 0. The van der Waals surface area contributed by atoms with E-state index in [2.05, 4.69) is 67.6 Å². The van der Waals surface area contributed by atoms with Gasteiger partial charge in [-0.2, -0.15) is 0 Å². The Balaban J connectivity index is 1.36. The Morgan fingerprint density at radius 2 is 1.57 bits per heavy atom. The number of aromatic amines is 1. The van der Waals surface area contributed by atoms with Gasteiger partial charge in [-0.25, -0.2) is 9.07 Å². The van der Waals surface area contributed by atoms with Crippen molar-refractivity contribution in [1.29, 1.82) is 0 Å². The molecule has 3 heterocycles. The lowest BCUT2D eigenvalue weighted by Crippen LogP contribution is -2.48. The first kappa shape index (κ1) is 26.0. The number of pyridine rings is 1. The van der Waals surface area contributed by atoms with Crippen molar-refractivity contribution in [3.05, 3.63) is 123 Å². The van der Waals surface area contributed by atoms with Gasteiger partial charge >= 0.3 is 0 Å². The monoisotopic (exact) mass is 537 g/mol. The molecule has 1 fully saturated rings. The standard InChI is InChI=1S/C31H32FN7O/c1-21-16-25-18-27(31(40)33-28(25)17-22(21)2)29(30-34-35-36-39(30)20-24-8-10-26(32)11-9-24)38-14-12-37(13-15-38)19-23-6-4-3-5-7-23/h3-11,16-18,29H,12-15,19-20H2,1-2H3,(H,33,40). The summed E-state index contributed by atoms with van der Waals surface area (Å²) in [7, 11) is 0. The number of aromatic nitrogens is 5. The highest BCUT2D eigenvalue weighted by atomic mass is 19.1. The van der Waals surface area contributed by atoms with Gasteiger partial charge < -0.3 is 4.98 Å². The van der Waals surface area contributed by atoms with Crippen LogP contribution >= 0.6 is 0 Å². The molecule has 1 saturated heterocycles. The Morgan fingerprint density at radius 3 is 2.33 bits per heavy atom. The van der Waals surface area contributed by atoms with E-state index in [-0.39, 0.29) is 11.4 Å². The van der Waals surface area contributed by atoms with Crippen molar-refractivity contribution in [2.75, 3.05) is 26.2 Å². The molecule has 0 saturated carbocycles. The molecular formula is C31H32FN7O. The summed E-state index contributed by atoms with van der Waals surface area (Å²) < 4.78 is 15.3. The summed E-state index contributed by atoms with van der Waals surface area (Å²) in [5, 5.41) is 13.7. The van der Waals surface area contributed by atoms with E-state index in [9.17, 15) is 9.18 Å². The second kappa shape index (κ2) is 11.1. The van der Waals surface area contributed by atoms with Crippen LogP contribution in [0.3, 0.4) is 0 Å². The van der Waals surface area contributed by atoms with Gasteiger partial charge in [0.2, 0.25) is 0 Å². The third-order valence-electron chi connectivity index (χ3n) is 7.85. The molecule has 6 rings (SSSR count). The van der Waals surface area contributed by atoms with E-state index in [1.165, 1.54) is 17.7 Å². The van der Waals surface area contributed by atoms with Crippen LogP contribution in [0.4, 0.5) is 4.39 Å². The van der Waals surface area contributed by atoms with E-state index in [4.69, 9.17) is 0 Å². The molecule has 0 radical (unpaired) electrons. The average Bonchev–Trinajstić information content (AvgIpc) is 3.40. The van der Waals surface area contributed by atoms with Gasteiger partial charge in [0.25, 0.3) is 5.56 Å². The molecule has 40 heavy (non-hydrogen) atoms. The third kappa shape index (κ3) is 5.43. The summed E-state index contributed by atoms with van der Waals surface area (Å²) in [4.78, 5) is 21.5. The Labute approximate surface area is 232 Å².